The van der Waals surface area contributed by atoms with Crippen LogP contribution in [0.1, 0.15) is 43.6 Å². The van der Waals surface area contributed by atoms with Crippen LogP contribution in [0.4, 0.5) is 8.78 Å². The number of aromatic nitrogens is 2. The zero-order chi connectivity index (χ0) is 17.5. The van der Waals surface area contributed by atoms with Crippen molar-refractivity contribution in [3.05, 3.63) is 16.4 Å². The average molecular weight is 364 g/mol. The number of nitrogens with zero attached hydrogens (tertiary/aromatic N) is 3. The van der Waals surface area contributed by atoms with Crippen molar-refractivity contribution < 1.29 is 23.0 Å². The second kappa shape index (κ2) is 6.57. The minimum atomic E-state index is -2.77. The van der Waals surface area contributed by atoms with Gasteiger partial charge in [0, 0.05) is 25.9 Å². The van der Waals surface area contributed by atoms with E-state index in [0.717, 1.165) is 0 Å². The number of hydrogen-bond acceptors (Lipinski definition) is 4. The minimum Gasteiger partial charge on any atom is -0.347 e. The van der Waals surface area contributed by atoms with Crippen LogP contribution in [0.5, 0.6) is 0 Å². The Kier molecular flexibility index (Phi) is 4.81. The van der Waals surface area contributed by atoms with E-state index in [-0.39, 0.29) is 10.9 Å². The molecule has 0 saturated carbocycles. The van der Waals surface area contributed by atoms with E-state index in [4.69, 9.17) is 21.1 Å². The number of rotatable bonds is 3. The third-order valence-corrected chi connectivity index (χ3v) is 5.15. The first kappa shape index (κ1) is 17.6. The molecule has 1 aromatic heterocycles. The number of ether oxygens (including phenoxy) is 2. The van der Waals surface area contributed by atoms with E-state index in [9.17, 15) is 13.6 Å². The fraction of sp³-hybridized carbons (Fsp3) is 0.733. The molecule has 2 aliphatic heterocycles. The van der Waals surface area contributed by atoms with Crippen LogP contribution in [0.15, 0.2) is 0 Å². The number of alkyl halides is 2. The largest absolute Gasteiger partial charge is 0.347 e. The highest BCUT2D eigenvalue weighted by molar-refractivity contribution is 6.31. The molecule has 3 heterocycles. The minimum absolute atomic E-state index is 0.0880. The van der Waals surface area contributed by atoms with Crippen molar-refractivity contribution >= 4 is 17.5 Å². The molecule has 0 bridgehead atoms. The van der Waals surface area contributed by atoms with Gasteiger partial charge in [-0.3, -0.25) is 9.48 Å². The average Bonchev–Trinajstić information content (AvgIpc) is 3.13. The smallest absolute Gasteiger partial charge is 0.283 e. The number of amides is 1. The molecule has 2 fully saturated rings. The lowest BCUT2D eigenvalue weighted by Gasteiger charge is -2.38. The molecule has 1 aromatic rings. The van der Waals surface area contributed by atoms with Crippen molar-refractivity contribution in [2.75, 3.05) is 26.3 Å². The summed E-state index contributed by atoms with van der Waals surface area (Å²) in [5.41, 5.74) is -0.122. The second-order valence-electron chi connectivity index (χ2n) is 6.14. The van der Waals surface area contributed by atoms with Gasteiger partial charge in [0.05, 0.1) is 23.9 Å². The van der Waals surface area contributed by atoms with E-state index in [2.05, 4.69) is 5.10 Å². The lowest BCUT2D eigenvalue weighted by Crippen LogP contribution is -2.49. The van der Waals surface area contributed by atoms with Crippen molar-refractivity contribution in [3.8, 4) is 0 Å². The topological polar surface area (TPSA) is 56.6 Å². The Bertz CT molecular complexity index is 622. The Hall–Kier alpha value is -1.25. The van der Waals surface area contributed by atoms with Crippen LogP contribution < -0.4 is 0 Å². The third kappa shape index (κ3) is 3.02. The fourth-order valence-electron chi connectivity index (χ4n) is 3.26. The summed E-state index contributed by atoms with van der Waals surface area (Å²) in [6, 6.07) is -0.700. The summed E-state index contributed by atoms with van der Waals surface area (Å²) >= 11 is 5.90. The number of carbonyl (C=O) groups is 1. The van der Waals surface area contributed by atoms with Gasteiger partial charge in [0.1, 0.15) is 11.7 Å². The first-order valence-electron chi connectivity index (χ1n) is 7.94. The van der Waals surface area contributed by atoms with Gasteiger partial charge in [0.15, 0.2) is 5.79 Å². The lowest BCUT2D eigenvalue weighted by molar-refractivity contribution is -0.188. The molecule has 0 N–H and O–H groups in total. The molecule has 0 radical (unpaired) electrons. The summed E-state index contributed by atoms with van der Waals surface area (Å²) in [4.78, 5) is 14.4. The normalized spacial score (nSPS) is 21.7. The number of carbonyl (C=O) groups excluding carboxylic acids is 1. The van der Waals surface area contributed by atoms with Gasteiger partial charge in [-0.05, 0) is 13.8 Å². The molecule has 134 valence electrons. The number of hydrogen-bond donors (Lipinski definition) is 0. The first-order chi connectivity index (χ1) is 11.3. The van der Waals surface area contributed by atoms with E-state index in [1.54, 1.807) is 18.7 Å². The van der Waals surface area contributed by atoms with E-state index >= 15 is 0 Å². The molecule has 1 amide bonds. The molecule has 0 aromatic carbocycles. The molecule has 2 saturated heterocycles. The van der Waals surface area contributed by atoms with E-state index in [1.807, 2.05) is 0 Å². The van der Waals surface area contributed by atoms with E-state index in [0.29, 0.717) is 44.8 Å². The number of likely N-dealkylation sites (tertiary alicyclic amines) is 1. The third-order valence-electron chi connectivity index (χ3n) is 4.68. The number of piperidine rings is 1. The van der Waals surface area contributed by atoms with Crippen molar-refractivity contribution in [1.29, 1.82) is 0 Å². The Morgan fingerprint density at radius 2 is 1.88 bits per heavy atom. The van der Waals surface area contributed by atoms with Gasteiger partial charge in [-0.25, -0.2) is 8.78 Å². The number of halogens is 3. The van der Waals surface area contributed by atoms with Gasteiger partial charge in [0.25, 0.3) is 6.43 Å². The molecule has 24 heavy (non-hydrogen) atoms. The van der Waals surface area contributed by atoms with Crippen molar-refractivity contribution in [2.45, 2.75) is 44.9 Å². The van der Waals surface area contributed by atoms with E-state index in [1.165, 1.54) is 4.68 Å². The molecule has 1 spiro atoms. The summed E-state index contributed by atoms with van der Waals surface area (Å²) in [5, 5.41) is 3.75. The second-order valence-corrected chi connectivity index (χ2v) is 6.52. The quantitative estimate of drug-likeness (QED) is 0.828. The van der Waals surface area contributed by atoms with Gasteiger partial charge in [-0.15, -0.1) is 0 Å². The van der Waals surface area contributed by atoms with Crippen LogP contribution in [0, 0.1) is 6.92 Å². The summed E-state index contributed by atoms with van der Waals surface area (Å²) in [7, 11) is 0. The predicted molar refractivity (Wildman–Crippen MR) is 82.1 cm³/mol. The monoisotopic (exact) mass is 363 g/mol. The highest BCUT2D eigenvalue weighted by atomic mass is 35.5. The molecule has 0 aliphatic carbocycles. The zero-order valence-electron chi connectivity index (χ0n) is 13.6. The SMILES string of the molecule is Cc1c(Cl)c(C(F)F)nn1[C@H](C)C(=O)N1CCC2(CC1)OCCO2. The van der Waals surface area contributed by atoms with Crippen molar-refractivity contribution in [3.63, 3.8) is 0 Å². The van der Waals surface area contributed by atoms with Gasteiger partial charge in [-0.1, -0.05) is 11.6 Å². The van der Waals surface area contributed by atoms with Crippen molar-refractivity contribution in [1.82, 2.24) is 14.7 Å². The highest BCUT2D eigenvalue weighted by Gasteiger charge is 2.41. The van der Waals surface area contributed by atoms with Crippen LogP contribution in [0.25, 0.3) is 0 Å². The maximum atomic E-state index is 12.9. The summed E-state index contributed by atoms with van der Waals surface area (Å²) < 4.78 is 38.4. The Labute approximate surface area is 143 Å². The molecular formula is C15H20ClF2N3O3. The Morgan fingerprint density at radius 1 is 1.29 bits per heavy atom. The van der Waals surface area contributed by atoms with Gasteiger partial charge >= 0.3 is 0 Å². The molecule has 6 nitrogen and oxygen atoms in total. The Balaban J connectivity index is 1.70. The summed E-state index contributed by atoms with van der Waals surface area (Å²) in [5.74, 6) is -0.737. The van der Waals surface area contributed by atoms with Crippen LogP contribution >= 0.6 is 11.6 Å². The van der Waals surface area contributed by atoms with Gasteiger partial charge < -0.3 is 14.4 Å². The summed E-state index contributed by atoms with van der Waals surface area (Å²) in [6.07, 6.45) is -1.56. The molecule has 1 atom stereocenters. The van der Waals surface area contributed by atoms with Crippen molar-refractivity contribution in [2.24, 2.45) is 0 Å². The maximum Gasteiger partial charge on any atom is 0.283 e. The first-order valence-corrected chi connectivity index (χ1v) is 8.32. The molecule has 2 aliphatic rings. The Morgan fingerprint density at radius 3 is 2.38 bits per heavy atom. The molecular weight excluding hydrogens is 344 g/mol. The zero-order valence-corrected chi connectivity index (χ0v) is 14.4. The standard InChI is InChI=1S/C15H20ClF2N3O3/c1-9-11(16)12(13(17)18)19-21(9)10(2)14(22)20-5-3-15(4-6-20)23-7-8-24-15/h10,13H,3-8H2,1-2H3/t10-/m1/s1. The fourth-order valence-corrected chi connectivity index (χ4v) is 3.47. The van der Waals surface area contributed by atoms with E-state index < -0.39 is 23.9 Å². The molecule has 0 unspecified atom stereocenters. The van der Waals surface area contributed by atoms with Crippen LogP contribution in [-0.4, -0.2) is 52.7 Å². The summed E-state index contributed by atoms with van der Waals surface area (Å²) in [6.45, 7) is 5.37. The molecule has 9 heteroatoms. The lowest BCUT2D eigenvalue weighted by atomic mass is 10.0. The van der Waals surface area contributed by atoms with Crippen LogP contribution in [-0.2, 0) is 14.3 Å². The molecule has 3 rings (SSSR count). The highest BCUT2D eigenvalue weighted by Crippen LogP contribution is 2.33. The van der Waals surface area contributed by atoms with Gasteiger partial charge in [0.2, 0.25) is 5.91 Å². The van der Waals surface area contributed by atoms with Crippen LogP contribution in [0.2, 0.25) is 5.02 Å². The maximum absolute atomic E-state index is 12.9. The van der Waals surface area contributed by atoms with Gasteiger partial charge in [-0.2, -0.15) is 5.10 Å². The predicted octanol–water partition coefficient (Wildman–Crippen LogP) is 2.71. The van der Waals surface area contributed by atoms with Crippen LogP contribution in [0.3, 0.4) is 0 Å².